The van der Waals surface area contributed by atoms with E-state index in [4.69, 9.17) is 10.3 Å². The quantitative estimate of drug-likeness (QED) is 0.253. The molecular formula is C35H37N7O5. The van der Waals surface area contributed by atoms with Gasteiger partial charge in [-0.1, -0.05) is 37.2 Å². The molecule has 12 nitrogen and oxygen atoms in total. The van der Waals surface area contributed by atoms with Crippen LogP contribution in [0.3, 0.4) is 0 Å². The van der Waals surface area contributed by atoms with Gasteiger partial charge in [0.2, 0.25) is 5.91 Å². The number of nitrogens with two attached hydrogens (primary N) is 1. The van der Waals surface area contributed by atoms with E-state index >= 15 is 0 Å². The number of piperidine rings is 1. The summed E-state index contributed by atoms with van der Waals surface area (Å²) in [5, 5.41) is 7.50. The summed E-state index contributed by atoms with van der Waals surface area (Å²) >= 11 is 0. The molecule has 0 spiro atoms. The van der Waals surface area contributed by atoms with E-state index in [0.29, 0.717) is 29.7 Å². The van der Waals surface area contributed by atoms with Crippen molar-refractivity contribution in [2.75, 3.05) is 24.1 Å². The largest absolute Gasteiger partial charge is 0.380 e. The number of aromatic nitrogens is 4. The van der Waals surface area contributed by atoms with Crippen LogP contribution in [0.15, 0.2) is 81.1 Å². The Morgan fingerprint density at radius 2 is 1.72 bits per heavy atom. The lowest BCUT2D eigenvalue weighted by molar-refractivity contribution is -0.135. The lowest BCUT2D eigenvalue weighted by atomic mass is 9.86. The molecule has 3 aromatic heterocycles. The molecule has 242 valence electrons. The number of nitrogens with zero attached hydrogens (tertiary/aromatic N) is 5. The van der Waals surface area contributed by atoms with Gasteiger partial charge >= 0.3 is 5.69 Å². The zero-order chi connectivity index (χ0) is 33.4. The first kappa shape index (κ1) is 31.5. The number of hydrogen-bond acceptors (Lipinski definition) is 8. The van der Waals surface area contributed by atoms with E-state index in [2.05, 4.69) is 21.5 Å². The molecule has 47 heavy (non-hydrogen) atoms. The number of carbonyl (C=O) groups is 2. The van der Waals surface area contributed by atoms with Crippen LogP contribution >= 0.6 is 0 Å². The zero-order valence-corrected chi connectivity index (χ0v) is 26.8. The lowest BCUT2D eigenvalue weighted by Gasteiger charge is -2.33. The van der Waals surface area contributed by atoms with Crippen molar-refractivity contribution in [3.63, 3.8) is 0 Å². The van der Waals surface area contributed by atoms with Crippen molar-refractivity contribution in [1.29, 1.82) is 0 Å². The van der Waals surface area contributed by atoms with E-state index in [1.165, 1.54) is 17.0 Å². The molecule has 1 fully saturated rings. The van der Waals surface area contributed by atoms with Gasteiger partial charge in [0.1, 0.15) is 11.4 Å². The SMILES string of the molecule is CC(C)C(=O)N1CCC(c2cc(-c3ccc(NC(=O)c4cn(C(C)C)c(=O)n(-c5ccccn5)c4=O)cc3)c3c(N)noc3c2)CC1. The second-order valence-electron chi connectivity index (χ2n) is 12.5. The van der Waals surface area contributed by atoms with Crippen LogP contribution in [-0.4, -0.2) is 49.1 Å². The average Bonchev–Trinajstić information content (AvgIpc) is 3.45. The van der Waals surface area contributed by atoms with E-state index in [1.54, 1.807) is 44.2 Å². The summed E-state index contributed by atoms with van der Waals surface area (Å²) in [6.45, 7) is 8.82. The van der Waals surface area contributed by atoms with E-state index < -0.39 is 17.2 Å². The molecule has 4 heterocycles. The predicted molar refractivity (Wildman–Crippen MR) is 180 cm³/mol. The molecule has 5 aromatic rings. The minimum absolute atomic E-state index is 0.0282. The summed E-state index contributed by atoms with van der Waals surface area (Å²) in [7, 11) is 0. The highest BCUT2D eigenvalue weighted by atomic mass is 16.5. The van der Waals surface area contributed by atoms with Gasteiger partial charge in [0.25, 0.3) is 11.5 Å². The van der Waals surface area contributed by atoms with Crippen molar-refractivity contribution in [1.82, 2.24) is 24.2 Å². The molecule has 2 amide bonds. The fraction of sp³-hybridized carbons (Fsp3) is 0.314. The van der Waals surface area contributed by atoms with Crippen LogP contribution in [0.5, 0.6) is 0 Å². The highest BCUT2D eigenvalue weighted by Gasteiger charge is 2.27. The Morgan fingerprint density at radius 3 is 2.36 bits per heavy atom. The summed E-state index contributed by atoms with van der Waals surface area (Å²) in [4.78, 5) is 58.6. The molecule has 2 aromatic carbocycles. The van der Waals surface area contributed by atoms with Gasteiger partial charge in [-0.25, -0.2) is 14.3 Å². The molecule has 3 N–H and O–H groups in total. The Bertz CT molecular complexity index is 2070. The number of carbonyl (C=O) groups excluding carboxylic acids is 2. The minimum atomic E-state index is -0.763. The second kappa shape index (κ2) is 12.7. The number of fused-ring (bicyclic) bond motifs is 1. The molecule has 1 aliphatic rings. The van der Waals surface area contributed by atoms with Crippen LogP contribution < -0.4 is 22.3 Å². The summed E-state index contributed by atoms with van der Waals surface area (Å²) in [6.07, 6.45) is 4.44. The third-order valence-corrected chi connectivity index (χ3v) is 8.64. The molecule has 0 unspecified atom stereocenters. The summed E-state index contributed by atoms with van der Waals surface area (Å²) in [5.41, 5.74) is 8.49. The normalized spacial score (nSPS) is 13.9. The highest BCUT2D eigenvalue weighted by molar-refractivity contribution is 6.04. The number of hydrogen-bond donors (Lipinski definition) is 2. The molecule has 0 aliphatic carbocycles. The van der Waals surface area contributed by atoms with Crippen molar-refractivity contribution in [2.45, 2.75) is 52.5 Å². The van der Waals surface area contributed by atoms with Gasteiger partial charge in [-0.3, -0.25) is 19.0 Å². The van der Waals surface area contributed by atoms with Crippen molar-refractivity contribution >= 4 is 34.3 Å². The number of likely N-dealkylation sites (tertiary alicyclic amines) is 1. The number of benzene rings is 2. The highest BCUT2D eigenvalue weighted by Crippen LogP contribution is 2.38. The molecule has 1 aliphatic heterocycles. The number of amides is 2. The van der Waals surface area contributed by atoms with Crippen molar-refractivity contribution in [2.24, 2.45) is 5.92 Å². The number of rotatable bonds is 7. The van der Waals surface area contributed by atoms with Gasteiger partial charge in [0, 0.05) is 43.1 Å². The third-order valence-electron chi connectivity index (χ3n) is 8.64. The third kappa shape index (κ3) is 6.06. The molecule has 0 saturated carbocycles. The molecule has 12 heteroatoms. The Kier molecular flexibility index (Phi) is 8.50. The van der Waals surface area contributed by atoms with Gasteiger partial charge in [-0.15, -0.1) is 0 Å². The Hall–Kier alpha value is -5.52. The van der Waals surface area contributed by atoms with Crippen LogP contribution in [0.25, 0.3) is 27.9 Å². The Balaban J connectivity index is 1.28. The van der Waals surface area contributed by atoms with Crippen molar-refractivity contribution < 1.29 is 14.1 Å². The van der Waals surface area contributed by atoms with E-state index in [0.717, 1.165) is 34.1 Å². The lowest BCUT2D eigenvalue weighted by Crippen LogP contribution is -2.43. The van der Waals surface area contributed by atoms with Gasteiger partial charge in [-0.2, -0.15) is 0 Å². The van der Waals surface area contributed by atoms with Crippen LogP contribution in [0.4, 0.5) is 11.5 Å². The van der Waals surface area contributed by atoms with Crippen molar-refractivity contribution in [3.8, 4) is 16.9 Å². The molecular weight excluding hydrogens is 598 g/mol. The van der Waals surface area contributed by atoms with E-state index in [1.807, 2.05) is 36.9 Å². The van der Waals surface area contributed by atoms with Gasteiger partial charge in [-0.05, 0) is 85.7 Å². The number of anilines is 2. The average molecular weight is 636 g/mol. The molecule has 1 saturated heterocycles. The summed E-state index contributed by atoms with van der Waals surface area (Å²) < 4.78 is 7.83. The second-order valence-corrected chi connectivity index (χ2v) is 12.5. The fourth-order valence-corrected chi connectivity index (χ4v) is 6.10. The molecule has 6 rings (SSSR count). The van der Waals surface area contributed by atoms with Gasteiger partial charge in [0.05, 0.1) is 5.39 Å². The summed E-state index contributed by atoms with van der Waals surface area (Å²) in [6, 6.07) is 15.8. The smallest absolute Gasteiger partial charge is 0.337 e. The summed E-state index contributed by atoms with van der Waals surface area (Å²) in [5.74, 6) is 0.141. The molecule has 0 atom stereocenters. The number of nitrogen functional groups attached to an aromatic ring is 1. The maximum absolute atomic E-state index is 13.4. The Labute approximate surface area is 270 Å². The maximum Gasteiger partial charge on any atom is 0.337 e. The molecule has 0 radical (unpaired) electrons. The van der Waals surface area contributed by atoms with Crippen molar-refractivity contribution in [3.05, 3.63) is 99.0 Å². The predicted octanol–water partition coefficient (Wildman–Crippen LogP) is 4.98. The monoisotopic (exact) mass is 635 g/mol. The maximum atomic E-state index is 13.4. The Morgan fingerprint density at radius 1 is 1.00 bits per heavy atom. The number of nitrogens with one attached hydrogen (secondary N) is 1. The molecule has 0 bridgehead atoms. The van der Waals surface area contributed by atoms with Crippen LogP contribution in [0.1, 0.15) is 68.4 Å². The first-order chi connectivity index (χ1) is 22.5. The van der Waals surface area contributed by atoms with Gasteiger partial charge in [0.15, 0.2) is 11.4 Å². The van der Waals surface area contributed by atoms with Crippen LogP contribution in [-0.2, 0) is 4.79 Å². The minimum Gasteiger partial charge on any atom is -0.380 e. The zero-order valence-electron chi connectivity index (χ0n) is 26.8. The first-order valence-corrected chi connectivity index (χ1v) is 15.7. The number of pyridine rings is 1. The van der Waals surface area contributed by atoms with Crippen LogP contribution in [0, 0.1) is 5.92 Å². The fourth-order valence-electron chi connectivity index (χ4n) is 6.10. The van der Waals surface area contributed by atoms with E-state index in [-0.39, 0.29) is 41.0 Å². The first-order valence-electron chi connectivity index (χ1n) is 15.7. The topological polar surface area (TPSA) is 158 Å². The standard InChI is InChI=1S/C35H37N7O5/c1-20(2)33(44)40-15-12-22(13-16-40)24-17-26(30-28(18-24)47-39-31(30)36)23-8-10-25(11-9-23)38-32(43)27-19-41(21(3)4)35(46)42(34(27)45)29-7-5-6-14-37-29/h5-11,14,17-22H,12-13,15-16H2,1-4H3,(H2,36,39)(H,38,43). The van der Waals surface area contributed by atoms with Gasteiger partial charge < -0.3 is 20.5 Å². The van der Waals surface area contributed by atoms with Crippen LogP contribution in [0.2, 0.25) is 0 Å². The van der Waals surface area contributed by atoms with E-state index in [9.17, 15) is 19.2 Å².